The summed E-state index contributed by atoms with van der Waals surface area (Å²) in [5.41, 5.74) is -0.229. The second kappa shape index (κ2) is 7.22. The first kappa shape index (κ1) is 16.4. The summed E-state index contributed by atoms with van der Waals surface area (Å²) >= 11 is 0. The van der Waals surface area contributed by atoms with E-state index in [2.05, 4.69) is 10.2 Å². The summed E-state index contributed by atoms with van der Waals surface area (Å²) in [4.78, 5) is 13.8. The van der Waals surface area contributed by atoms with Crippen LogP contribution in [0.4, 0.5) is 0 Å². The fourth-order valence-corrected chi connectivity index (χ4v) is 2.34. The molecular formula is C14H28N2O3. The third-order valence-electron chi connectivity index (χ3n) is 3.30. The van der Waals surface area contributed by atoms with Gasteiger partial charge in [-0.05, 0) is 40.2 Å². The van der Waals surface area contributed by atoms with Gasteiger partial charge in [0.1, 0.15) is 0 Å². The van der Waals surface area contributed by atoms with Crippen LogP contribution >= 0.6 is 0 Å². The van der Waals surface area contributed by atoms with Gasteiger partial charge in [0.15, 0.2) is 0 Å². The minimum Gasteiger partial charge on any atom is -0.389 e. The number of piperidine rings is 1. The molecule has 1 aliphatic rings. The van der Waals surface area contributed by atoms with E-state index in [1.807, 2.05) is 20.8 Å². The Morgan fingerprint density at radius 2 is 2.21 bits per heavy atom. The number of rotatable bonds is 5. The number of carbonyl (C=O) groups is 1. The predicted octanol–water partition coefficient (Wildman–Crippen LogP) is 0.620. The highest BCUT2D eigenvalue weighted by Crippen LogP contribution is 2.17. The van der Waals surface area contributed by atoms with Gasteiger partial charge in [-0.1, -0.05) is 0 Å². The summed E-state index contributed by atoms with van der Waals surface area (Å²) in [6.07, 6.45) is 1.44. The molecule has 2 atom stereocenters. The van der Waals surface area contributed by atoms with Gasteiger partial charge in [0.05, 0.1) is 24.2 Å². The van der Waals surface area contributed by atoms with Crippen molar-refractivity contribution in [1.29, 1.82) is 0 Å². The summed E-state index contributed by atoms with van der Waals surface area (Å²) in [6.45, 7) is 8.51. The van der Waals surface area contributed by atoms with Crippen molar-refractivity contribution in [2.45, 2.75) is 45.3 Å². The Morgan fingerprint density at radius 1 is 1.53 bits per heavy atom. The van der Waals surface area contributed by atoms with E-state index < -0.39 is 6.10 Å². The van der Waals surface area contributed by atoms with E-state index >= 15 is 0 Å². The molecule has 112 valence electrons. The number of aliphatic hydroxyl groups excluding tert-OH is 1. The standard InChI is InChI=1S/C14H28N2O3/c1-14(2,3)19-10-12(17)9-16-7-5-6-11(8-16)13(18)15-4/h11-12,17H,5-10H2,1-4H3,(H,15,18). The van der Waals surface area contributed by atoms with Crippen molar-refractivity contribution in [3.05, 3.63) is 0 Å². The zero-order valence-corrected chi connectivity index (χ0v) is 12.6. The number of ether oxygens (including phenoxy) is 1. The molecule has 0 radical (unpaired) electrons. The lowest BCUT2D eigenvalue weighted by molar-refractivity contribution is -0.126. The van der Waals surface area contributed by atoms with Crippen LogP contribution in [0.1, 0.15) is 33.6 Å². The lowest BCUT2D eigenvalue weighted by Gasteiger charge is -2.33. The van der Waals surface area contributed by atoms with E-state index in [0.29, 0.717) is 13.2 Å². The monoisotopic (exact) mass is 272 g/mol. The molecule has 0 aliphatic carbocycles. The van der Waals surface area contributed by atoms with Crippen LogP contribution in [0.5, 0.6) is 0 Å². The highest BCUT2D eigenvalue weighted by atomic mass is 16.5. The van der Waals surface area contributed by atoms with Crippen LogP contribution < -0.4 is 5.32 Å². The quantitative estimate of drug-likeness (QED) is 0.770. The van der Waals surface area contributed by atoms with Gasteiger partial charge in [-0.25, -0.2) is 0 Å². The molecule has 0 saturated carbocycles. The third kappa shape index (κ3) is 6.36. The number of nitrogens with one attached hydrogen (secondary N) is 1. The fraction of sp³-hybridized carbons (Fsp3) is 0.929. The highest BCUT2D eigenvalue weighted by Gasteiger charge is 2.26. The highest BCUT2D eigenvalue weighted by molar-refractivity contribution is 5.78. The number of hydrogen-bond donors (Lipinski definition) is 2. The molecule has 19 heavy (non-hydrogen) atoms. The molecule has 1 aliphatic heterocycles. The smallest absolute Gasteiger partial charge is 0.224 e. The summed E-state index contributed by atoms with van der Waals surface area (Å²) < 4.78 is 5.57. The minimum atomic E-state index is -0.498. The summed E-state index contributed by atoms with van der Waals surface area (Å²) in [6, 6.07) is 0. The number of aliphatic hydroxyl groups is 1. The molecule has 1 saturated heterocycles. The molecule has 1 heterocycles. The Kier molecular flexibility index (Phi) is 6.23. The maximum Gasteiger partial charge on any atom is 0.224 e. The molecule has 0 spiro atoms. The Hall–Kier alpha value is -0.650. The summed E-state index contributed by atoms with van der Waals surface area (Å²) in [5.74, 6) is 0.152. The molecule has 5 heteroatoms. The van der Waals surface area contributed by atoms with Gasteiger partial charge in [0.25, 0.3) is 0 Å². The van der Waals surface area contributed by atoms with Gasteiger partial charge in [-0.2, -0.15) is 0 Å². The molecule has 1 amide bonds. The summed E-state index contributed by atoms with van der Waals surface area (Å²) in [7, 11) is 1.67. The van der Waals surface area contributed by atoms with Crippen LogP contribution in [0.3, 0.4) is 0 Å². The fourth-order valence-electron chi connectivity index (χ4n) is 2.34. The van der Waals surface area contributed by atoms with Crippen molar-refractivity contribution in [2.75, 3.05) is 33.3 Å². The van der Waals surface area contributed by atoms with Crippen molar-refractivity contribution >= 4 is 5.91 Å². The average Bonchev–Trinajstić information content (AvgIpc) is 2.35. The molecule has 1 fully saturated rings. The number of nitrogens with zero attached hydrogens (tertiary/aromatic N) is 1. The van der Waals surface area contributed by atoms with Gasteiger partial charge in [-0.3, -0.25) is 9.69 Å². The lowest BCUT2D eigenvalue weighted by atomic mass is 9.97. The number of β-amino-alcohol motifs (C(OH)–C–C–N with tert-alkyl or cyclic N) is 1. The molecule has 0 aromatic rings. The SMILES string of the molecule is CNC(=O)C1CCCN(CC(O)COC(C)(C)C)C1. The van der Waals surface area contributed by atoms with Gasteiger partial charge in [0, 0.05) is 20.1 Å². The van der Waals surface area contributed by atoms with Crippen LogP contribution in [-0.4, -0.2) is 60.9 Å². The largest absolute Gasteiger partial charge is 0.389 e. The predicted molar refractivity (Wildman–Crippen MR) is 74.9 cm³/mol. The molecular weight excluding hydrogens is 244 g/mol. The van der Waals surface area contributed by atoms with E-state index in [1.165, 1.54) is 0 Å². The maximum atomic E-state index is 11.6. The van der Waals surface area contributed by atoms with Crippen molar-refractivity contribution < 1.29 is 14.6 Å². The van der Waals surface area contributed by atoms with Crippen molar-refractivity contribution in [2.24, 2.45) is 5.92 Å². The molecule has 1 rings (SSSR count). The minimum absolute atomic E-state index is 0.0504. The first-order valence-electron chi connectivity index (χ1n) is 7.08. The Balaban J connectivity index is 2.33. The number of amides is 1. The van der Waals surface area contributed by atoms with E-state index in [1.54, 1.807) is 7.05 Å². The second-order valence-electron chi connectivity index (χ2n) is 6.29. The normalized spacial score (nSPS) is 23.1. The van der Waals surface area contributed by atoms with Gasteiger partial charge in [0.2, 0.25) is 5.91 Å². The molecule has 0 bridgehead atoms. The molecule has 2 unspecified atom stereocenters. The number of likely N-dealkylation sites (tertiary alicyclic amines) is 1. The summed E-state index contributed by atoms with van der Waals surface area (Å²) in [5, 5.41) is 12.7. The first-order valence-corrected chi connectivity index (χ1v) is 7.08. The van der Waals surface area contributed by atoms with Crippen molar-refractivity contribution in [3.63, 3.8) is 0 Å². The average molecular weight is 272 g/mol. The number of hydrogen-bond acceptors (Lipinski definition) is 4. The Labute approximate surface area is 116 Å². The molecule has 5 nitrogen and oxygen atoms in total. The van der Waals surface area contributed by atoms with Crippen molar-refractivity contribution in [3.8, 4) is 0 Å². The number of carbonyl (C=O) groups excluding carboxylic acids is 1. The van der Waals surface area contributed by atoms with Crippen molar-refractivity contribution in [1.82, 2.24) is 10.2 Å². The van der Waals surface area contributed by atoms with Crippen LogP contribution in [-0.2, 0) is 9.53 Å². The maximum absolute atomic E-state index is 11.6. The van der Waals surface area contributed by atoms with E-state index in [0.717, 1.165) is 25.9 Å². The molecule has 2 N–H and O–H groups in total. The topological polar surface area (TPSA) is 61.8 Å². The van der Waals surface area contributed by atoms with Gasteiger partial charge in [-0.15, -0.1) is 0 Å². The second-order valence-corrected chi connectivity index (χ2v) is 6.29. The third-order valence-corrected chi connectivity index (χ3v) is 3.30. The molecule has 0 aromatic heterocycles. The first-order chi connectivity index (χ1) is 8.81. The Bertz CT molecular complexity index is 289. The molecule has 0 aromatic carbocycles. The zero-order chi connectivity index (χ0) is 14.5. The van der Waals surface area contributed by atoms with Crippen LogP contribution in [0, 0.1) is 5.92 Å². The van der Waals surface area contributed by atoms with Crippen LogP contribution in [0.15, 0.2) is 0 Å². The van der Waals surface area contributed by atoms with E-state index in [4.69, 9.17) is 4.74 Å². The van der Waals surface area contributed by atoms with Gasteiger partial charge >= 0.3 is 0 Å². The lowest BCUT2D eigenvalue weighted by Crippen LogP contribution is -2.45. The van der Waals surface area contributed by atoms with E-state index in [-0.39, 0.29) is 17.4 Å². The zero-order valence-electron chi connectivity index (χ0n) is 12.6. The van der Waals surface area contributed by atoms with Gasteiger partial charge < -0.3 is 15.2 Å². The van der Waals surface area contributed by atoms with Crippen LogP contribution in [0.2, 0.25) is 0 Å². The van der Waals surface area contributed by atoms with E-state index in [9.17, 15) is 9.90 Å². The Morgan fingerprint density at radius 3 is 2.79 bits per heavy atom. The van der Waals surface area contributed by atoms with Crippen LogP contribution in [0.25, 0.3) is 0 Å².